The molecule has 3 nitrogen and oxygen atoms in total. The van der Waals surface area contributed by atoms with E-state index in [1.165, 1.54) is 5.56 Å². The molecule has 1 aromatic carbocycles. The second-order valence-electron chi connectivity index (χ2n) is 6.30. The van der Waals surface area contributed by atoms with Gasteiger partial charge >= 0.3 is 0 Å². The van der Waals surface area contributed by atoms with Crippen LogP contribution in [0.1, 0.15) is 38.4 Å². The first kappa shape index (κ1) is 14.5. The maximum atomic E-state index is 11.8. The van der Waals surface area contributed by atoms with Crippen molar-refractivity contribution in [2.24, 2.45) is 0 Å². The number of hydrogen-bond acceptors (Lipinski definition) is 2. The Labute approximate surface area is 120 Å². The van der Waals surface area contributed by atoms with Gasteiger partial charge in [-0.1, -0.05) is 17.7 Å². The molecule has 20 heavy (non-hydrogen) atoms. The summed E-state index contributed by atoms with van der Waals surface area (Å²) in [6, 6.07) is 10.3. The lowest BCUT2D eigenvalue weighted by Gasteiger charge is -2.20. The number of benzene rings is 1. The Bertz CT molecular complexity index is 626. The van der Waals surface area contributed by atoms with Gasteiger partial charge in [0, 0.05) is 23.0 Å². The summed E-state index contributed by atoms with van der Waals surface area (Å²) < 4.78 is 0. The quantitative estimate of drug-likeness (QED) is 0.929. The van der Waals surface area contributed by atoms with E-state index in [0.717, 1.165) is 16.6 Å². The fraction of sp³-hybridized carbons (Fsp3) is 0.412. The van der Waals surface area contributed by atoms with E-state index < -0.39 is 0 Å². The molecule has 0 spiro atoms. The van der Waals surface area contributed by atoms with Crippen molar-refractivity contribution in [1.82, 2.24) is 10.3 Å². The van der Waals surface area contributed by atoms with Crippen LogP contribution in [-0.2, 0) is 11.2 Å². The van der Waals surface area contributed by atoms with Crippen molar-refractivity contribution in [3.05, 3.63) is 41.6 Å². The highest BCUT2D eigenvalue weighted by atomic mass is 16.1. The highest BCUT2D eigenvalue weighted by Crippen LogP contribution is 2.15. The van der Waals surface area contributed by atoms with Crippen LogP contribution in [0.2, 0.25) is 0 Å². The monoisotopic (exact) mass is 270 g/mol. The summed E-state index contributed by atoms with van der Waals surface area (Å²) in [4.78, 5) is 16.4. The Kier molecular flexibility index (Phi) is 4.07. The van der Waals surface area contributed by atoms with E-state index >= 15 is 0 Å². The number of carbonyl (C=O) groups excluding carboxylic acids is 1. The van der Waals surface area contributed by atoms with Crippen LogP contribution in [0.4, 0.5) is 0 Å². The predicted molar refractivity (Wildman–Crippen MR) is 82.7 cm³/mol. The van der Waals surface area contributed by atoms with Gasteiger partial charge in [-0.3, -0.25) is 9.78 Å². The second-order valence-corrected chi connectivity index (χ2v) is 6.30. The van der Waals surface area contributed by atoms with Crippen LogP contribution in [0.25, 0.3) is 10.9 Å². The summed E-state index contributed by atoms with van der Waals surface area (Å²) >= 11 is 0. The zero-order valence-corrected chi connectivity index (χ0v) is 12.7. The number of aromatic nitrogens is 1. The number of rotatable bonds is 3. The Morgan fingerprint density at radius 3 is 2.65 bits per heavy atom. The summed E-state index contributed by atoms with van der Waals surface area (Å²) in [5.74, 6) is 0.0725. The number of nitrogens with one attached hydrogen (secondary N) is 1. The van der Waals surface area contributed by atoms with Crippen LogP contribution in [0, 0.1) is 6.92 Å². The molecule has 0 aliphatic carbocycles. The smallest absolute Gasteiger partial charge is 0.220 e. The first-order chi connectivity index (χ1) is 9.33. The average Bonchev–Trinajstić information content (AvgIpc) is 2.34. The zero-order chi connectivity index (χ0) is 14.8. The Balaban J connectivity index is 2.03. The number of fused-ring (bicyclic) bond motifs is 1. The van der Waals surface area contributed by atoms with E-state index in [0.29, 0.717) is 12.8 Å². The number of nitrogens with zero attached hydrogens (tertiary/aromatic N) is 1. The van der Waals surface area contributed by atoms with Gasteiger partial charge in [0.25, 0.3) is 0 Å². The number of pyridine rings is 1. The van der Waals surface area contributed by atoms with Crippen LogP contribution in [0.3, 0.4) is 0 Å². The number of hydrogen-bond donors (Lipinski definition) is 1. The van der Waals surface area contributed by atoms with Gasteiger partial charge in [-0.25, -0.2) is 0 Å². The van der Waals surface area contributed by atoms with Crippen LogP contribution in [0.15, 0.2) is 30.3 Å². The Morgan fingerprint density at radius 1 is 1.20 bits per heavy atom. The van der Waals surface area contributed by atoms with Gasteiger partial charge in [0.1, 0.15) is 0 Å². The number of amides is 1. The van der Waals surface area contributed by atoms with Gasteiger partial charge in [-0.05, 0) is 52.3 Å². The minimum absolute atomic E-state index is 0.0725. The molecule has 0 unspecified atom stereocenters. The molecule has 1 amide bonds. The van der Waals surface area contributed by atoms with E-state index in [1.807, 2.05) is 32.9 Å². The van der Waals surface area contributed by atoms with Gasteiger partial charge in [0.15, 0.2) is 0 Å². The molecule has 3 heteroatoms. The van der Waals surface area contributed by atoms with Crippen LogP contribution >= 0.6 is 0 Å². The molecule has 2 aromatic rings. The molecule has 0 saturated heterocycles. The normalized spacial score (nSPS) is 11.6. The fourth-order valence-electron chi connectivity index (χ4n) is 2.15. The van der Waals surface area contributed by atoms with Gasteiger partial charge in [-0.15, -0.1) is 0 Å². The molecule has 0 aliphatic heterocycles. The van der Waals surface area contributed by atoms with Gasteiger partial charge in [-0.2, -0.15) is 0 Å². The molecular formula is C17H22N2O. The minimum atomic E-state index is -0.175. The van der Waals surface area contributed by atoms with Gasteiger partial charge in [0.05, 0.1) is 5.52 Å². The average molecular weight is 270 g/mol. The maximum absolute atomic E-state index is 11.8. The second kappa shape index (κ2) is 5.61. The molecule has 0 bridgehead atoms. The summed E-state index contributed by atoms with van der Waals surface area (Å²) in [5.41, 5.74) is 3.01. The van der Waals surface area contributed by atoms with E-state index in [2.05, 4.69) is 35.4 Å². The molecule has 1 N–H and O–H groups in total. The lowest BCUT2D eigenvalue weighted by atomic mass is 10.1. The van der Waals surface area contributed by atoms with E-state index in [9.17, 15) is 4.79 Å². The van der Waals surface area contributed by atoms with Crippen molar-refractivity contribution in [3.63, 3.8) is 0 Å². The number of aryl methyl sites for hydroxylation is 2. The highest BCUT2D eigenvalue weighted by Gasteiger charge is 2.13. The van der Waals surface area contributed by atoms with Crippen molar-refractivity contribution < 1.29 is 4.79 Å². The summed E-state index contributed by atoms with van der Waals surface area (Å²) in [6.45, 7) is 8.04. The van der Waals surface area contributed by atoms with Gasteiger partial charge < -0.3 is 5.32 Å². The lowest BCUT2D eigenvalue weighted by Crippen LogP contribution is -2.40. The van der Waals surface area contributed by atoms with Crippen molar-refractivity contribution in [2.75, 3.05) is 0 Å². The predicted octanol–water partition coefficient (Wildman–Crippen LogP) is 3.39. The maximum Gasteiger partial charge on any atom is 0.220 e. The molecule has 2 rings (SSSR count). The largest absolute Gasteiger partial charge is 0.351 e. The van der Waals surface area contributed by atoms with Gasteiger partial charge in [0.2, 0.25) is 5.91 Å². The molecule has 1 aromatic heterocycles. The Morgan fingerprint density at radius 2 is 1.95 bits per heavy atom. The Hall–Kier alpha value is -1.90. The minimum Gasteiger partial charge on any atom is -0.351 e. The first-order valence-electron chi connectivity index (χ1n) is 7.01. The molecule has 0 fully saturated rings. The summed E-state index contributed by atoms with van der Waals surface area (Å²) in [5, 5.41) is 4.11. The standard InChI is InChI=1S/C17H22N2O/c1-12-5-9-15-13(11-12)6-7-14(18-15)8-10-16(20)19-17(2,3)4/h5-7,9,11H,8,10H2,1-4H3,(H,19,20). The van der Waals surface area contributed by atoms with Crippen molar-refractivity contribution in [2.45, 2.75) is 46.1 Å². The molecule has 0 saturated carbocycles. The highest BCUT2D eigenvalue weighted by molar-refractivity contribution is 5.80. The summed E-state index contributed by atoms with van der Waals surface area (Å²) in [7, 11) is 0. The molecule has 0 radical (unpaired) electrons. The molecule has 106 valence electrons. The molecule has 0 aliphatic rings. The first-order valence-corrected chi connectivity index (χ1v) is 7.01. The topological polar surface area (TPSA) is 42.0 Å². The van der Waals surface area contributed by atoms with Crippen LogP contribution in [-0.4, -0.2) is 16.4 Å². The molecular weight excluding hydrogens is 248 g/mol. The van der Waals surface area contributed by atoms with Crippen LogP contribution in [0.5, 0.6) is 0 Å². The summed E-state index contributed by atoms with van der Waals surface area (Å²) in [6.07, 6.45) is 1.15. The fourth-order valence-corrected chi connectivity index (χ4v) is 2.15. The SMILES string of the molecule is Cc1ccc2nc(CCC(=O)NC(C)(C)C)ccc2c1. The van der Waals surface area contributed by atoms with E-state index in [1.54, 1.807) is 0 Å². The third-order valence-electron chi connectivity index (χ3n) is 3.02. The molecule has 0 atom stereocenters. The third kappa shape index (κ3) is 4.05. The van der Waals surface area contributed by atoms with Crippen LogP contribution < -0.4 is 5.32 Å². The number of carbonyl (C=O) groups is 1. The zero-order valence-electron chi connectivity index (χ0n) is 12.7. The lowest BCUT2D eigenvalue weighted by molar-refractivity contribution is -0.122. The van der Waals surface area contributed by atoms with Crippen molar-refractivity contribution in [3.8, 4) is 0 Å². The van der Waals surface area contributed by atoms with Crippen molar-refractivity contribution >= 4 is 16.8 Å². The third-order valence-corrected chi connectivity index (χ3v) is 3.02. The molecule has 1 heterocycles. The van der Waals surface area contributed by atoms with Crippen molar-refractivity contribution in [1.29, 1.82) is 0 Å². The van der Waals surface area contributed by atoms with E-state index in [-0.39, 0.29) is 11.4 Å². The van der Waals surface area contributed by atoms with E-state index in [4.69, 9.17) is 0 Å².